The predicted octanol–water partition coefficient (Wildman–Crippen LogP) is 0.263. The van der Waals surface area contributed by atoms with Crippen molar-refractivity contribution < 1.29 is 9.90 Å². The van der Waals surface area contributed by atoms with E-state index in [-0.39, 0.29) is 12.0 Å². The van der Waals surface area contributed by atoms with Crippen LogP contribution in [-0.2, 0) is 4.79 Å². The minimum atomic E-state index is -0.155. The molecule has 88 valence electrons. The van der Waals surface area contributed by atoms with Gasteiger partial charge >= 0.3 is 0 Å². The fraction of sp³-hybridized carbons (Fsp3) is 0.909. The van der Waals surface area contributed by atoms with Crippen LogP contribution in [0.25, 0.3) is 0 Å². The van der Waals surface area contributed by atoms with Crippen molar-refractivity contribution in [3.05, 3.63) is 0 Å². The van der Waals surface area contributed by atoms with Gasteiger partial charge in [-0.25, -0.2) is 0 Å². The summed E-state index contributed by atoms with van der Waals surface area (Å²) in [4.78, 5) is 11.3. The molecule has 0 spiro atoms. The number of hydrogen-bond donors (Lipinski definition) is 3. The van der Waals surface area contributed by atoms with Crippen LogP contribution in [0.2, 0.25) is 0 Å². The molecule has 1 fully saturated rings. The second-order valence-corrected chi connectivity index (χ2v) is 4.34. The highest BCUT2D eigenvalue weighted by Crippen LogP contribution is 2.23. The standard InChI is InChI=1S/C11H22N2O2/c1-12-6-5-11(15)13-8-9-3-2-4-10(14)7-9/h9-10,12,14H,2-8H2,1H3,(H,13,15). The molecular formula is C11H22N2O2. The third-order valence-electron chi connectivity index (χ3n) is 2.95. The summed E-state index contributed by atoms with van der Waals surface area (Å²) in [7, 11) is 1.84. The van der Waals surface area contributed by atoms with E-state index in [2.05, 4.69) is 10.6 Å². The van der Waals surface area contributed by atoms with E-state index in [9.17, 15) is 9.90 Å². The molecule has 0 saturated heterocycles. The monoisotopic (exact) mass is 214 g/mol. The van der Waals surface area contributed by atoms with Crippen LogP contribution < -0.4 is 10.6 Å². The van der Waals surface area contributed by atoms with Gasteiger partial charge in [-0.05, 0) is 32.2 Å². The summed E-state index contributed by atoms with van der Waals surface area (Å²) in [6.07, 6.45) is 4.35. The Kier molecular flexibility index (Phi) is 5.65. The maximum absolute atomic E-state index is 11.3. The van der Waals surface area contributed by atoms with Gasteiger partial charge in [0.1, 0.15) is 0 Å². The van der Waals surface area contributed by atoms with Gasteiger partial charge in [0, 0.05) is 19.5 Å². The van der Waals surface area contributed by atoms with Gasteiger partial charge in [-0.15, -0.1) is 0 Å². The van der Waals surface area contributed by atoms with Crippen LogP contribution in [0.5, 0.6) is 0 Å². The molecule has 1 aliphatic carbocycles. The van der Waals surface area contributed by atoms with Crippen molar-refractivity contribution in [1.82, 2.24) is 10.6 Å². The third-order valence-corrected chi connectivity index (χ3v) is 2.95. The van der Waals surface area contributed by atoms with Crippen LogP contribution in [0.15, 0.2) is 0 Å². The van der Waals surface area contributed by atoms with Crippen LogP contribution in [0.4, 0.5) is 0 Å². The Morgan fingerprint density at radius 2 is 2.27 bits per heavy atom. The molecule has 1 rings (SSSR count). The summed E-state index contributed by atoms with van der Waals surface area (Å²) in [6, 6.07) is 0. The maximum atomic E-state index is 11.3. The number of rotatable bonds is 5. The molecule has 0 heterocycles. The summed E-state index contributed by atoms with van der Waals surface area (Å²) in [6.45, 7) is 1.44. The first kappa shape index (κ1) is 12.5. The summed E-state index contributed by atoms with van der Waals surface area (Å²) in [5.41, 5.74) is 0. The fourth-order valence-electron chi connectivity index (χ4n) is 2.03. The molecule has 1 saturated carbocycles. The van der Waals surface area contributed by atoms with Gasteiger partial charge in [-0.1, -0.05) is 6.42 Å². The molecule has 0 aromatic heterocycles. The first-order valence-corrected chi connectivity index (χ1v) is 5.81. The van der Waals surface area contributed by atoms with Gasteiger partial charge < -0.3 is 15.7 Å². The number of amides is 1. The number of nitrogens with one attached hydrogen (secondary N) is 2. The van der Waals surface area contributed by atoms with E-state index < -0.39 is 0 Å². The van der Waals surface area contributed by atoms with Crippen molar-refractivity contribution in [1.29, 1.82) is 0 Å². The highest BCUT2D eigenvalue weighted by molar-refractivity contribution is 5.76. The number of aliphatic hydroxyl groups excluding tert-OH is 1. The molecule has 15 heavy (non-hydrogen) atoms. The lowest BCUT2D eigenvalue weighted by Gasteiger charge is -2.25. The minimum Gasteiger partial charge on any atom is -0.393 e. The SMILES string of the molecule is CNCCC(=O)NCC1CCCC(O)C1. The van der Waals surface area contributed by atoms with Crippen LogP contribution >= 0.6 is 0 Å². The number of carbonyl (C=O) groups is 1. The fourth-order valence-corrected chi connectivity index (χ4v) is 2.03. The molecular weight excluding hydrogens is 192 g/mol. The Labute approximate surface area is 91.4 Å². The number of hydrogen-bond acceptors (Lipinski definition) is 3. The topological polar surface area (TPSA) is 61.4 Å². The van der Waals surface area contributed by atoms with Crippen LogP contribution in [-0.4, -0.2) is 37.3 Å². The van der Waals surface area contributed by atoms with E-state index in [0.717, 1.165) is 38.8 Å². The molecule has 0 aromatic rings. The molecule has 2 unspecified atom stereocenters. The normalized spacial score (nSPS) is 26.3. The smallest absolute Gasteiger partial charge is 0.221 e. The van der Waals surface area contributed by atoms with Gasteiger partial charge in [0.15, 0.2) is 0 Å². The lowest BCUT2D eigenvalue weighted by Crippen LogP contribution is -2.34. The Hall–Kier alpha value is -0.610. The molecule has 0 bridgehead atoms. The average Bonchev–Trinajstić information content (AvgIpc) is 2.23. The van der Waals surface area contributed by atoms with Gasteiger partial charge in [0.25, 0.3) is 0 Å². The van der Waals surface area contributed by atoms with Gasteiger partial charge in [0.05, 0.1) is 6.10 Å². The first-order valence-electron chi connectivity index (χ1n) is 5.81. The Bertz CT molecular complexity index is 197. The highest BCUT2D eigenvalue weighted by Gasteiger charge is 2.20. The molecule has 4 nitrogen and oxygen atoms in total. The van der Waals surface area contributed by atoms with Gasteiger partial charge in [-0.3, -0.25) is 4.79 Å². The van der Waals surface area contributed by atoms with E-state index in [1.165, 1.54) is 0 Å². The quantitative estimate of drug-likeness (QED) is 0.615. The minimum absolute atomic E-state index is 0.101. The molecule has 3 N–H and O–H groups in total. The zero-order valence-electron chi connectivity index (χ0n) is 9.46. The number of aliphatic hydroxyl groups is 1. The third kappa shape index (κ3) is 5.14. The largest absolute Gasteiger partial charge is 0.393 e. The van der Waals surface area contributed by atoms with Crippen LogP contribution in [0.3, 0.4) is 0 Å². The van der Waals surface area contributed by atoms with Crippen molar-refractivity contribution >= 4 is 5.91 Å². The van der Waals surface area contributed by atoms with Gasteiger partial charge in [0.2, 0.25) is 5.91 Å². The second-order valence-electron chi connectivity index (χ2n) is 4.34. The van der Waals surface area contributed by atoms with Crippen molar-refractivity contribution in [2.45, 2.75) is 38.2 Å². The molecule has 1 amide bonds. The Morgan fingerprint density at radius 3 is 2.93 bits per heavy atom. The van der Waals surface area contributed by atoms with Crippen molar-refractivity contribution in [2.24, 2.45) is 5.92 Å². The Balaban J connectivity index is 2.10. The second kappa shape index (κ2) is 6.80. The average molecular weight is 214 g/mol. The van der Waals surface area contributed by atoms with E-state index in [0.29, 0.717) is 12.3 Å². The van der Waals surface area contributed by atoms with E-state index >= 15 is 0 Å². The van der Waals surface area contributed by atoms with E-state index in [1.807, 2.05) is 7.05 Å². The molecule has 4 heteroatoms. The van der Waals surface area contributed by atoms with E-state index in [4.69, 9.17) is 0 Å². The zero-order chi connectivity index (χ0) is 11.1. The van der Waals surface area contributed by atoms with Crippen molar-refractivity contribution in [3.63, 3.8) is 0 Å². The van der Waals surface area contributed by atoms with E-state index in [1.54, 1.807) is 0 Å². The maximum Gasteiger partial charge on any atom is 0.221 e. The highest BCUT2D eigenvalue weighted by atomic mass is 16.3. The number of carbonyl (C=O) groups excluding carboxylic acids is 1. The summed E-state index contributed by atoms with van der Waals surface area (Å²) in [5, 5.41) is 15.3. The molecule has 0 aromatic carbocycles. The lowest BCUT2D eigenvalue weighted by molar-refractivity contribution is -0.121. The summed E-state index contributed by atoms with van der Waals surface area (Å²) < 4.78 is 0. The lowest BCUT2D eigenvalue weighted by atomic mass is 9.87. The van der Waals surface area contributed by atoms with Crippen LogP contribution in [0.1, 0.15) is 32.1 Å². The first-order chi connectivity index (χ1) is 7.22. The van der Waals surface area contributed by atoms with Gasteiger partial charge in [-0.2, -0.15) is 0 Å². The summed E-state index contributed by atoms with van der Waals surface area (Å²) in [5.74, 6) is 0.566. The zero-order valence-corrected chi connectivity index (χ0v) is 9.46. The predicted molar refractivity (Wildman–Crippen MR) is 59.5 cm³/mol. The molecule has 1 aliphatic rings. The molecule has 2 atom stereocenters. The molecule has 0 aliphatic heterocycles. The van der Waals surface area contributed by atoms with Crippen molar-refractivity contribution in [3.8, 4) is 0 Å². The summed E-state index contributed by atoms with van der Waals surface area (Å²) >= 11 is 0. The van der Waals surface area contributed by atoms with Crippen LogP contribution in [0, 0.1) is 5.92 Å². The van der Waals surface area contributed by atoms with Crippen molar-refractivity contribution in [2.75, 3.05) is 20.1 Å². The molecule has 0 radical (unpaired) electrons. The Morgan fingerprint density at radius 1 is 1.47 bits per heavy atom.